The van der Waals surface area contributed by atoms with Gasteiger partial charge in [0.05, 0.1) is 17.2 Å². The first kappa shape index (κ1) is 14.5. The van der Waals surface area contributed by atoms with Crippen molar-refractivity contribution in [1.82, 2.24) is 9.88 Å². The van der Waals surface area contributed by atoms with Crippen molar-refractivity contribution in [3.05, 3.63) is 29.1 Å². The number of aryl methyl sites for hydroxylation is 1. The summed E-state index contributed by atoms with van der Waals surface area (Å²) in [7, 11) is 0. The zero-order valence-electron chi connectivity index (χ0n) is 12.3. The van der Waals surface area contributed by atoms with E-state index in [9.17, 15) is 14.7 Å². The van der Waals surface area contributed by atoms with Crippen LogP contribution in [0, 0.1) is 36.0 Å². The number of aromatic nitrogens is 1. The van der Waals surface area contributed by atoms with E-state index in [0.717, 1.165) is 12.8 Å². The van der Waals surface area contributed by atoms with Crippen LogP contribution >= 0.6 is 0 Å². The molecule has 3 rings (SSSR count). The zero-order chi connectivity index (χ0) is 15.9. The van der Waals surface area contributed by atoms with Crippen molar-refractivity contribution in [3.8, 4) is 6.07 Å². The van der Waals surface area contributed by atoms with Crippen molar-refractivity contribution >= 4 is 11.9 Å². The van der Waals surface area contributed by atoms with Gasteiger partial charge in [0.2, 0.25) is 0 Å². The van der Waals surface area contributed by atoms with Crippen molar-refractivity contribution in [2.45, 2.75) is 19.8 Å². The number of amides is 1. The summed E-state index contributed by atoms with van der Waals surface area (Å²) in [6.45, 7) is 2.42. The average molecular weight is 299 g/mol. The van der Waals surface area contributed by atoms with Crippen LogP contribution in [0.15, 0.2) is 12.1 Å². The van der Waals surface area contributed by atoms with E-state index < -0.39 is 11.9 Å². The summed E-state index contributed by atoms with van der Waals surface area (Å²) < 4.78 is 0. The molecule has 0 bridgehead atoms. The quantitative estimate of drug-likeness (QED) is 0.911. The van der Waals surface area contributed by atoms with Gasteiger partial charge in [-0.15, -0.1) is 0 Å². The summed E-state index contributed by atoms with van der Waals surface area (Å²) in [5, 5.41) is 18.3. The summed E-state index contributed by atoms with van der Waals surface area (Å²) >= 11 is 0. The van der Waals surface area contributed by atoms with Crippen molar-refractivity contribution in [2.24, 2.45) is 17.8 Å². The molecular weight excluding hydrogens is 282 g/mol. The molecule has 2 fully saturated rings. The third-order valence-electron chi connectivity index (χ3n) is 4.62. The monoisotopic (exact) mass is 299 g/mol. The normalized spacial score (nSPS) is 24.1. The molecule has 1 saturated heterocycles. The molecule has 1 aromatic heterocycles. The molecule has 2 atom stereocenters. The maximum atomic E-state index is 12.5. The number of carbonyl (C=O) groups excluding carboxylic acids is 1. The second kappa shape index (κ2) is 5.41. The molecule has 1 aliphatic carbocycles. The minimum absolute atomic E-state index is 0.0564. The molecule has 1 amide bonds. The lowest BCUT2D eigenvalue weighted by atomic mass is 9.92. The van der Waals surface area contributed by atoms with Gasteiger partial charge in [0.25, 0.3) is 5.91 Å². The Kier molecular flexibility index (Phi) is 3.57. The van der Waals surface area contributed by atoms with E-state index in [1.165, 1.54) is 6.07 Å². The SMILES string of the molecule is Cc1nc(C(=O)N2C[C@H](C(=O)O)[C@@H](C3CC3)C2)ccc1C#N. The van der Waals surface area contributed by atoms with Crippen LogP contribution in [0.25, 0.3) is 0 Å². The Balaban J connectivity index is 1.79. The van der Waals surface area contributed by atoms with Gasteiger partial charge in [0, 0.05) is 13.1 Å². The lowest BCUT2D eigenvalue weighted by molar-refractivity contribution is -0.142. The topological polar surface area (TPSA) is 94.3 Å². The maximum Gasteiger partial charge on any atom is 0.308 e. The van der Waals surface area contributed by atoms with Gasteiger partial charge >= 0.3 is 5.97 Å². The van der Waals surface area contributed by atoms with Crippen molar-refractivity contribution < 1.29 is 14.7 Å². The summed E-state index contributed by atoms with van der Waals surface area (Å²) in [6, 6.07) is 5.14. The first-order valence-corrected chi connectivity index (χ1v) is 7.41. The molecular formula is C16H17N3O3. The third-order valence-corrected chi connectivity index (χ3v) is 4.62. The number of hydrogen-bond donors (Lipinski definition) is 1. The number of likely N-dealkylation sites (tertiary alicyclic amines) is 1. The molecule has 1 saturated carbocycles. The molecule has 2 heterocycles. The molecule has 0 spiro atoms. The Morgan fingerprint density at radius 2 is 2.09 bits per heavy atom. The number of carboxylic acid groups (broad SMARTS) is 1. The fourth-order valence-electron chi connectivity index (χ4n) is 3.22. The Morgan fingerprint density at radius 1 is 1.36 bits per heavy atom. The Labute approximate surface area is 128 Å². The Hall–Kier alpha value is -2.42. The van der Waals surface area contributed by atoms with Crippen LogP contribution in [0.5, 0.6) is 0 Å². The summed E-state index contributed by atoms with van der Waals surface area (Å²) in [6.07, 6.45) is 2.12. The maximum absolute atomic E-state index is 12.5. The van der Waals surface area contributed by atoms with Gasteiger partial charge in [-0.1, -0.05) is 0 Å². The van der Waals surface area contributed by atoms with Crippen LogP contribution in [0.1, 0.15) is 34.6 Å². The van der Waals surface area contributed by atoms with Gasteiger partial charge in [-0.25, -0.2) is 4.98 Å². The lowest BCUT2D eigenvalue weighted by Gasteiger charge is -2.16. The Morgan fingerprint density at radius 3 is 2.64 bits per heavy atom. The van der Waals surface area contributed by atoms with E-state index in [2.05, 4.69) is 4.98 Å². The lowest BCUT2D eigenvalue weighted by Crippen LogP contribution is -2.30. The van der Waals surface area contributed by atoms with E-state index in [0.29, 0.717) is 23.7 Å². The predicted octanol–water partition coefficient (Wildman–Crippen LogP) is 1.44. The van der Waals surface area contributed by atoms with Gasteiger partial charge in [-0.3, -0.25) is 9.59 Å². The first-order chi connectivity index (χ1) is 10.5. The Bertz CT molecular complexity index is 676. The number of carbonyl (C=O) groups is 2. The van der Waals surface area contributed by atoms with Gasteiger partial charge in [-0.2, -0.15) is 5.26 Å². The number of rotatable bonds is 3. The summed E-state index contributed by atoms with van der Waals surface area (Å²) in [5.74, 6) is -1.05. The molecule has 1 aliphatic heterocycles. The highest BCUT2D eigenvalue weighted by molar-refractivity contribution is 5.93. The molecule has 0 radical (unpaired) electrons. The van der Waals surface area contributed by atoms with E-state index in [1.807, 2.05) is 6.07 Å². The van der Waals surface area contributed by atoms with Crippen LogP contribution in [0.2, 0.25) is 0 Å². The molecule has 6 nitrogen and oxygen atoms in total. The van der Waals surface area contributed by atoms with E-state index >= 15 is 0 Å². The highest BCUT2D eigenvalue weighted by Crippen LogP contribution is 2.44. The van der Waals surface area contributed by atoms with Crippen LogP contribution in [-0.4, -0.2) is 40.0 Å². The second-order valence-electron chi connectivity index (χ2n) is 6.10. The van der Waals surface area contributed by atoms with E-state index in [1.54, 1.807) is 17.9 Å². The standard InChI is InChI=1S/C16H17N3O3/c1-9-11(6-17)4-5-14(18-9)15(20)19-7-12(10-2-3-10)13(8-19)16(21)22/h4-5,10,12-13H,2-3,7-8H2,1H3,(H,21,22)/t12-,13+/m1/s1. The molecule has 0 aromatic carbocycles. The number of carboxylic acids is 1. The minimum Gasteiger partial charge on any atom is -0.481 e. The highest BCUT2D eigenvalue weighted by Gasteiger charge is 2.47. The molecule has 114 valence electrons. The predicted molar refractivity (Wildman–Crippen MR) is 76.9 cm³/mol. The van der Waals surface area contributed by atoms with Gasteiger partial charge in [-0.05, 0) is 43.7 Å². The van der Waals surface area contributed by atoms with E-state index in [-0.39, 0.29) is 24.1 Å². The fourth-order valence-corrected chi connectivity index (χ4v) is 3.22. The van der Waals surface area contributed by atoms with Crippen molar-refractivity contribution in [1.29, 1.82) is 5.26 Å². The fraction of sp³-hybridized carbons (Fsp3) is 0.500. The zero-order valence-corrected chi connectivity index (χ0v) is 12.3. The molecule has 1 N–H and O–H groups in total. The third kappa shape index (κ3) is 2.54. The number of hydrogen-bond acceptors (Lipinski definition) is 4. The molecule has 1 aromatic rings. The van der Waals surface area contributed by atoms with Crippen LogP contribution in [0.3, 0.4) is 0 Å². The first-order valence-electron chi connectivity index (χ1n) is 7.41. The van der Waals surface area contributed by atoms with Crippen molar-refractivity contribution in [2.75, 3.05) is 13.1 Å². The molecule has 22 heavy (non-hydrogen) atoms. The molecule has 6 heteroatoms. The van der Waals surface area contributed by atoms with Crippen molar-refractivity contribution in [3.63, 3.8) is 0 Å². The van der Waals surface area contributed by atoms with Gasteiger partial charge < -0.3 is 10.0 Å². The molecule has 0 unspecified atom stereocenters. The summed E-state index contributed by atoms with van der Waals surface area (Å²) in [5.41, 5.74) is 1.23. The molecule has 2 aliphatic rings. The highest BCUT2D eigenvalue weighted by atomic mass is 16.4. The number of nitrogens with zero attached hydrogens (tertiary/aromatic N) is 3. The average Bonchev–Trinajstić information content (AvgIpc) is 3.24. The van der Waals surface area contributed by atoms with Gasteiger partial charge in [0.1, 0.15) is 11.8 Å². The van der Waals surface area contributed by atoms with E-state index in [4.69, 9.17) is 5.26 Å². The summed E-state index contributed by atoms with van der Waals surface area (Å²) in [4.78, 5) is 29.7. The van der Waals surface area contributed by atoms with Crippen LogP contribution in [0.4, 0.5) is 0 Å². The van der Waals surface area contributed by atoms with Gasteiger partial charge in [0.15, 0.2) is 0 Å². The number of aliphatic carboxylic acids is 1. The minimum atomic E-state index is -0.823. The smallest absolute Gasteiger partial charge is 0.308 e. The second-order valence-corrected chi connectivity index (χ2v) is 6.10. The van der Waals surface area contributed by atoms with Crippen LogP contribution < -0.4 is 0 Å². The number of pyridine rings is 1. The van der Waals surface area contributed by atoms with Crippen LogP contribution in [-0.2, 0) is 4.79 Å². The largest absolute Gasteiger partial charge is 0.481 e. The number of nitriles is 1.